The van der Waals surface area contributed by atoms with Crippen LogP contribution >= 0.6 is 0 Å². The number of benzene rings is 1. The zero-order valence-electron chi connectivity index (χ0n) is 15.7. The van der Waals surface area contributed by atoms with Gasteiger partial charge in [0.25, 0.3) is 5.91 Å². The zero-order chi connectivity index (χ0) is 18.0. The summed E-state index contributed by atoms with van der Waals surface area (Å²) in [5, 5.41) is 10.0. The van der Waals surface area contributed by atoms with E-state index in [1.165, 1.54) is 5.69 Å². The Morgan fingerprint density at radius 1 is 1.08 bits per heavy atom. The Kier molecular flexibility index (Phi) is 5.64. The Balaban J connectivity index is 1.60. The van der Waals surface area contributed by atoms with Gasteiger partial charge in [0.1, 0.15) is 0 Å². The number of carbonyl (C=O) groups is 1. The van der Waals surface area contributed by atoms with Crippen molar-refractivity contribution in [2.24, 2.45) is 5.92 Å². The second-order valence-corrected chi connectivity index (χ2v) is 7.75. The standard InChI is InChI=1S/C20H31N3O2/c1-15(2)21-10-12-22(13-11-21)18-6-4-17(5-7-18)20(25)23-9-8-16(3)19(24)14-23/h4-7,15-16,19,24H,8-14H2,1-3H3. The summed E-state index contributed by atoms with van der Waals surface area (Å²) in [6.45, 7) is 11.9. The van der Waals surface area contributed by atoms with Crippen molar-refractivity contribution in [3.63, 3.8) is 0 Å². The maximum absolute atomic E-state index is 12.7. The van der Waals surface area contributed by atoms with Crippen LogP contribution in [0.5, 0.6) is 0 Å². The molecule has 2 aliphatic heterocycles. The average Bonchev–Trinajstić information content (AvgIpc) is 2.63. The molecule has 1 amide bonds. The first kappa shape index (κ1) is 18.2. The minimum absolute atomic E-state index is 0.0297. The maximum atomic E-state index is 12.7. The van der Waals surface area contributed by atoms with Crippen molar-refractivity contribution in [1.82, 2.24) is 9.80 Å². The van der Waals surface area contributed by atoms with Gasteiger partial charge in [0.2, 0.25) is 0 Å². The van der Waals surface area contributed by atoms with E-state index in [9.17, 15) is 9.90 Å². The molecule has 5 nitrogen and oxygen atoms in total. The van der Waals surface area contributed by atoms with Gasteiger partial charge in [-0.25, -0.2) is 0 Å². The van der Waals surface area contributed by atoms with Crippen molar-refractivity contribution < 1.29 is 9.90 Å². The highest BCUT2D eigenvalue weighted by molar-refractivity contribution is 5.94. The number of nitrogens with zero attached hydrogens (tertiary/aromatic N) is 3. The summed E-state index contributed by atoms with van der Waals surface area (Å²) >= 11 is 0. The lowest BCUT2D eigenvalue weighted by atomic mass is 9.95. The normalized spacial score (nSPS) is 25.5. The fourth-order valence-corrected chi connectivity index (χ4v) is 3.73. The summed E-state index contributed by atoms with van der Waals surface area (Å²) < 4.78 is 0. The van der Waals surface area contributed by atoms with Crippen LogP contribution in [0.2, 0.25) is 0 Å². The minimum atomic E-state index is -0.408. The first-order valence-electron chi connectivity index (χ1n) is 9.52. The quantitative estimate of drug-likeness (QED) is 0.911. The molecule has 3 rings (SSSR count). The van der Waals surface area contributed by atoms with E-state index in [2.05, 4.69) is 35.8 Å². The molecule has 0 spiro atoms. The Labute approximate surface area is 151 Å². The van der Waals surface area contributed by atoms with Gasteiger partial charge in [-0.15, -0.1) is 0 Å². The summed E-state index contributed by atoms with van der Waals surface area (Å²) in [5.41, 5.74) is 1.90. The molecule has 2 aliphatic rings. The number of carbonyl (C=O) groups excluding carboxylic acids is 1. The van der Waals surface area contributed by atoms with Crippen molar-refractivity contribution in [2.45, 2.75) is 39.3 Å². The van der Waals surface area contributed by atoms with Crippen molar-refractivity contribution in [3.05, 3.63) is 29.8 Å². The largest absolute Gasteiger partial charge is 0.391 e. The van der Waals surface area contributed by atoms with E-state index >= 15 is 0 Å². The second kappa shape index (κ2) is 7.75. The SMILES string of the molecule is CC1CCN(C(=O)c2ccc(N3CCN(C(C)C)CC3)cc2)CC1O. The number of hydrogen-bond donors (Lipinski definition) is 1. The molecule has 1 aromatic carbocycles. The second-order valence-electron chi connectivity index (χ2n) is 7.75. The predicted octanol–water partition coefficient (Wildman–Crippen LogP) is 2.06. The van der Waals surface area contributed by atoms with Gasteiger partial charge in [-0.1, -0.05) is 6.92 Å². The van der Waals surface area contributed by atoms with Gasteiger partial charge in [0, 0.05) is 56.6 Å². The third kappa shape index (κ3) is 4.15. The third-order valence-electron chi connectivity index (χ3n) is 5.73. The van der Waals surface area contributed by atoms with E-state index in [0.29, 0.717) is 18.2 Å². The number of β-amino-alcohol motifs (C(OH)–C–C–N with tert-alkyl or cyclic N) is 1. The van der Waals surface area contributed by atoms with Gasteiger partial charge in [0.05, 0.1) is 6.10 Å². The Morgan fingerprint density at radius 2 is 1.72 bits per heavy atom. The molecule has 2 saturated heterocycles. The molecule has 2 heterocycles. The summed E-state index contributed by atoms with van der Waals surface area (Å²) in [5.74, 6) is 0.304. The van der Waals surface area contributed by atoms with Crippen LogP contribution in [0, 0.1) is 5.92 Å². The molecule has 2 unspecified atom stereocenters. The fourth-order valence-electron chi connectivity index (χ4n) is 3.73. The van der Waals surface area contributed by atoms with Crippen LogP contribution in [0.15, 0.2) is 24.3 Å². The molecule has 25 heavy (non-hydrogen) atoms. The average molecular weight is 345 g/mol. The number of aliphatic hydroxyl groups excluding tert-OH is 1. The van der Waals surface area contributed by atoms with Gasteiger partial charge in [0.15, 0.2) is 0 Å². The van der Waals surface area contributed by atoms with E-state index in [1.54, 1.807) is 4.90 Å². The van der Waals surface area contributed by atoms with Gasteiger partial charge < -0.3 is 14.9 Å². The van der Waals surface area contributed by atoms with E-state index < -0.39 is 6.10 Å². The molecule has 5 heteroatoms. The fraction of sp³-hybridized carbons (Fsp3) is 0.650. The van der Waals surface area contributed by atoms with Crippen LogP contribution in [0.3, 0.4) is 0 Å². The van der Waals surface area contributed by atoms with Crippen molar-refractivity contribution in [2.75, 3.05) is 44.2 Å². The van der Waals surface area contributed by atoms with Gasteiger partial charge in [-0.2, -0.15) is 0 Å². The molecule has 0 bridgehead atoms. The lowest BCUT2D eigenvalue weighted by Gasteiger charge is -2.38. The molecule has 138 valence electrons. The third-order valence-corrected chi connectivity index (χ3v) is 5.73. The molecule has 1 aromatic rings. The lowest BCUT2D eigenvalue weighted by molar-refractivity contribution is 0.0248. The smallest absolute Gasteiger partial charge is 0.253 e. The topological polar surface area (TPSA) is 47.0 Å². The molecular weight excluding hydrogens is 314 g/mol. The molecule has 0 radical (unpaired) electrons. The first-order chi connectivity index (χ1) is 12.0. The van der Waals surface area contributed by atoms with E-state index in [1.807, 2.05) is 19.1 Å². The van der Waals surface area contributed by atoms with Crippen LogP contribution < -0.4 is 4.90 Å². The number of likely N-dealkylation sites (tertiary alicyclic amines) is 1. The Hall–Kier alpha value is -1.59. The van der Waals surface area contributed by atoms with Gasteiger partial charge in [-0.05, 0) is 50.5 Å². The van der Waals surface area contributed by atoms with Crippen LogP contribution in [-0.4, -0.2) is 72.2 Å². The molecule has 2 atom stereocenters. The Morgan fingerprint density at radius 3 is 2.28 bits per heavy atom. The van der Waals surface area contributed by atoms with Crippen LogP contribution in [-0.2, 0) is 0 Å². The van der Waals surface area contributed by atoms with Crippen molar-refractivity contribution in [3.8, 4) is 0 Å². The number of hydrogen-bond acceptors (Lipinski definition) is 4. The molecule has 2 fully saturated rings. The van der Waals surface area contributed by atoms with E-state index in [-0.39, 0.29) is 11.8 Å². The number of aliphatic hydroxyl groups is 1. The van der Waals surface area contributed by atoms with Crippen LogP contribution in [0.4, 0.5) is 5.69 Å². The van der Waals surface area contributed by atoms with Gasteiger partial charge in [-0.3, -0.25) is 9.69 Å². The maximum Gasteiger partial charge on any atom is 0.253 e. The highest BCUT2D eigenvalue weighted by atomic mass is 16.3. The van der Waals surface area contributed by atoms with Crippen molar-refractivity contribution >= 4 is 11.6 Å². The summed E-state index contributed by atoms with van der Waals surface area (Å²) in [4.78, 5) is 19.3. The number of piperazine rings is 1. The molecule has 0 aliphatic carbocycles. The molecule has 1 N–H and O–H groups in total. The number of piperidine rings is 1. The summed E-state index contributed by atoms with van der Waals surface area (Å²) in [7, 11) is 0. The first-order valence-corrected chi connectivity index (χ1v) is 9.52. The zero-order valence-corrected chi connectivity index (χ0v) is 15.7. The molecule has 0 aromatic heterocycles. The summed E-state index contributed by atoms with van der Waals surface area (Å²) in [6.07, 6.45) is 0.458. The minimum Gasteiger partial charge on any atom is -0.391 e. The summed E-state index contributed by atoms with van der Waals surface area (Å²) in [6, 6.07) is 8.57. The Bertz CT molecular complexity index is 579. The van der Waals surface area contributed by atoms with E-state index in [4.69, 9.17) is 0 Å². The predicted molar refractivity (Wildman–Crippen MR) is 101 cm³/mol. The van der Waals surface area contributed by atoms with E-state index in [0.717, 1.165) is 39.1 Å². The van der Waals surface area contributed by atoms with Crippen LogP contribution in [0.1, 0.15) is 37.6 Å². The number of amides is 1. The highest BCUT2D eigenvalue weighted by Gasteiger charge is 2.28. The highest BCUT2D eigenvalue weighted by Crippen LogP contribution is 2.22. The molecule has 0 saturated carbocycles. The van der Waals surface area contributed by atoms with Crippen molar-refractivity contribution in [1.29, 1.82) is 0 Å². The number of rotatable bonds is 3. The van der Waals surface area contributed by atoms with Crippen LogP contribution in [0.25, 0.3) is 0 Å². The van der Waals surface area contributed by atoms with Gasteiger partial charge >= 0.3 is 0 Å². The monoisotopic (exact) mass is 345 g/mol. The lowest BCUT2D eigenvalue weighted by Crippen LogP contribution is -2.48. The molecular formula is C20H31N3O2. The number of anilines is 1.